The van der Waals surface area contributed by atoms with Crippen LogP contribution in [0.3, 0.4) is 0 Å². The second-order valence-corrected chi connectivity index (χ2v) is 16.7. The lowest BCUT2D eigenvalue weighted by Crippen LogP contribution is -2.26. The van der Waals surface area contributed by atoms with Crippen LogP contribution in [0.2, 0.25) is 0 Å². The van der Waals surface area contributed by atoms with E-state index < -0.39 is 5.41 Å². The third-order valence-corrected chi connectivity index (χ3v) is 13.8. The minimum atomic E-state index is -0.436. The van der Waals surface area contributed by atoms with E-state index in [9.17, 15) is 0 Å². The van der Waals surface area contributed by atoms with Crippen LogP contribution in [-0.4, -0.2) is 4.57 Å². The zero-order valence-corrected chi connectivity index (χ0v) is 33.6. The Labute approximate surface area is 359 Å². The Hall–Kier alpha value is -8.14. The van der Waals surface area contributed by atoms with Gasteiger partial charge in [-0.25, -0.2) is 0 Å². The fourth-order valence-corrected chi connectivity index (χ4v) is 11.4. The molecule has 0 fully saturated rings. The highest BCUT2D eigenvalue weighted by Gasteiger charge is 2.52. The third kappa shape index (κ3) is 4.29. The SMILES string of the molecule is c1ccc2c(c1)Oc1cccc3c4c(-c5ccc(N(c6cccc7c6-c6ccccc6C76c7ccccc7-c7ccccc76)c6cccc7ccccc67)cc5)cccc4n-2c13. The summed E-state index contributed by atoms with van der Waals surface area (Å²) in [5.41, 5.74) is 19.2. The highest BCUT2D eigenvalue weighted by atomic mass is 16.5. The number of ether oxygens (including phenoxy) is 1. The Morgan fingerprint density at radius 2 is 0.968 bits per heavy atom. The molecule has 2 heterocycles. The van der Waals surface area contributed by atoms with Crippen molar-refractivity contribution in [3.8, 4) is 50.6 Å². The van der Waals surface area contributed by atoms with Gasteiger partial charge in [-0.15, -0.1) is 0 Å². The molecular weight excluding hydrogens is 753 g/mol. The van der Waals surface area contributed by atoms with E-state index in [1.165, 1.54) is 77.1 Å². The Bertz CT molecular complexity index is 3640. The lowest BCUT2D eigenvalue weighted by Gasteiger charge is -2.32. The van der Waals surface area contributed by atoms with E-state index in [0.29, 0.717) is 0 Å². The van der Waals surface area contributed by atoms with Crippen LogP contribution in [0.25, 0.3) is 71.6 Å². The van der Waals surface area contributed by atoms with E-state index in [4.69, 9.17) is 4.74 Å². The standard InChI is InChI=1S/C59H36N2O/c1-2-17-40-37(15-1)16-11-28-50(40)60(53-30-14-26-49-57(53)44-20-5-8-25-48(44)59(49)46-23-6-3-18-42(46)43-19-4-7-24-47(43)59)39-35-33-38(34-36-39)41-21-12-29-52-56(41)45-22-13-32-55-58(45)61(52)51-27-9-10-31-54(51)62-55/h1-36H. The van der Waals surface area contributed by atoms with Gasteiger partial charge >= 0.3 is 0 Å². The van der Waals surface area contributed by atoms with Crippen LogP contribution < -0.4 is 9.64 Å². The van der Waals surface area contributed by atoms with E-state index in [1.807, 2.05) is 6.07 Å². The van der Waals surface area contributed by atoms with E-state index >= 15 is 0 Å². The fourth-order valence-electron chi connectivity index (χ4n) is 11.4. The van der Waals surface area contributed by atoms with Crippen LogP contribution in [0.1, 0.15) is 22.3 Å². The maximum atomic E-state index is 6.47. The van der Waals surface area contributed by atoms with Crippen LogP contribution in [0.5, 0.6) is 11.5 Å². The van der Waals surface area contributed by atoms with Crippen molar-refractivity contribution in [2.45, 2.75) is 5.41 Å². The van der Waals surface area contributed by atoms with Crippen LogP contribution in [0.15, 0.2) is 218 Å². The Morgan fingerprint density at radius 1 is 0.403 bits per heavy atom. The first-order chi connectivity index (χ1) is 30.8. The van der Waals surface area contributed by atoms with Gasteiger partial charge in [-0.3, -0.25) is 0 Å². The second kappa shape index (κ2) is 12.4. The number of rotatable bonds is 4. The summed E-state index contributed by atoms with van der Waals surface area (Å²) >= 11 is 0. The summed E-state index contributed by atoms with van der Waals surface area (Å²) in [4.78, 5) is 2.50. The van der Waals surface area contributed by atoms with E-state index in [-0.39, 0.29) is 0 Å². The van der Waals surface area contributed by atoms with Crippen molar-refractivity contribution in [1.82, 2.24) is 4.57 Å². The summed E-state index contributed by atoms with van der Waals surface area (Å²) in [5.74, 6) is 1.75. The van der Waals surface area contributed by atoms with Crippen molar-refractivity contribution >= 4 is 49.6 Å². The maximum Gasteiger partial charge on any atom is 0.152 e. The smallest absolute Gasteiger partial charge is 0.152 e. The molecule has 2 aliphatic carbocycles. The number of para-hydroxylation sites is 3. The molecule has 0 unspecified atom stereocenters. The number of anilines is 3. The molecule has 3 aliphatic rings. The maximum absolute atomic E-state index is 6.47. The minimum Gasteiger partial charge on any atom is -0.453 e. The molecule has 288 valence electrons. The molecule has 10 aromatic carbocycles. The van der Waals surface area contributed by atoms with Gasteiger partial charge in [0.1, 0.15) is 0 Å². The predicted octanol–water partition coefficient (Wildman–Crippen LogP) is 15.5. The van der Waals surface area contributed by atoms with Gasteiger partial charge in [0.25, 0.3) is 0 Å². The van der Waals surface area contributed by atoms with Gasteiger partial charge in [0, 0.05) is 27.4 Å². The molecule has 0 amide bonds. The molecule has 3 heteroatoms. The minimum absolute atomic E-state index is 0.436. The Morgan fingerprint density at radius 3 is 1.79 bits per heavy atom. The van der Waals surface area contributed by atoms with Crippen molar-refractivity contribution in [2.75, 3.05) is 4.90 Å². The topological polar surface area (TPSA) is 17.4 Å². The van der Waals surface area contributed by atoms with Crippen molar-refractivity contribution in [3.05, 3.63) is 241 Å². The zero-order valence-electron chi connectivity index (χ0n) is 33.6. The van der Waals surface area contributed by atoms with Crippen LogP contribution in [-0.2, 0) is 5.41 Å². The van der Waals surface area contributed by atoms with Gasteiger partial charge < -0.3 is 14.2 Å². The summed E-state index contributed by atoms with van der Waals surface area (Å²) in [5, 5.41) is 4.82. The van der Waals surface area contributed by atoms with Gasteiger partial charge in [-0.2, -0.15) is 0 Å². The zero-order chi connectivity index (χ0) is 40.5. The quantitative estimate of drug-likeness (QED) is 0.177. The summed E-state index contributed by atoms with van der Waals surface area (Å²) in [6.07, 6.45) is 0. The molecule has 1 spiro atoms. The predicted molar refractivity (Wildman–Crippen MR) is 255 cm³/mol. The van der Waals surface area contributed by atoms with E-state index in [0.717, 1.165) is 45.3 Å². The fraction of sp³-hybridized carbons (Fsp3) is 0.0169. The van der Waals surface area contributed by atoms with Crippen molar-refractivity contribution < 1.29 is 4.74 Å². The number of fused-ring (bicyclic) bond motifs is 16. The highest BCUT2D eigenvalue weighted by molar-refractivity contribution is 6.18. The summed E-state index contributed by atoms with van der Waals surface area (Å²) in [6, 6.07) is 80.3. The lowest BCUT2D eigenvalue weighted by atomic mass is 9.70. The average molecular weight is 789 g/mol. The van der Waals surface area contributed by atoms with E-state index in [1.54, 1.807) is 0 Å². The Kier molecular flexibility index (Phi) is 6.76. The van der Waals surface area contributed by atoms with Gasteiger partial charge in [-0.05, 0) is 104 Å². The molecule has 0 saturated carbocycles. The monoisotopic (exact) mass is 788 g/mol. The molecule has 1 aliphatic heterocycles. The average Bonchev–Trinajstić information content (AvgIpc) is 3.95. The molecule has 14 rings (SSSR count). The summed E-state index contributed by atoms with van der Waals surface area (Å²) < 4.78 is 8.85. The second-order valence-electron chi connectivity index (χ2n) is 16.7. The lowest BCUT2D eigenvalue weighted by molar-refractivity contribution is 0.476. The first-order valence-corrected chi connectivity index (χ1v) is 21.4. The largest absolute Gasteiger partial charge is 0.453 e. The molecule has 0 atom stereocenters. The number of hydrogen-bond acceptors (Lipinski definition) is 2. The highest BCUT2D eigenvalue weighted by Crippen LogP contribution is 2.65. The van der Waals surface area contributed by atoms with Crippen LogP contribution in [0.4, 0.5) is 17.1 Å². The number of benzene rings is 10. The third-order valence-electron chi connectivity index (χ3n) is 13.8. The normalized spacial score (nSPS) is 13.4. The van der Waals surface area contributed by atoms with Crippen molar-refractivity contribution in [2.24, 2.45) is 0 Å². The van der Waals surface area contributed by atoms with E-state index in [2.05, 4.69) is 222 Å². The van der Waals surface area contributed by atoms with Crippen LogP contribution in [0, 0.1) is 0 Å². The molecule has 3 nitrogen and oxygen atoms in total. The first-order valence-electron chi connectivity index (χ1n) is 21.4. The molecule has 62 heavy (non-hydrogen) atoms. The molecule has 0 N–H and O–H groups in total. The van der Waals surface area contributed by atoms with Crippen LogP contribution >= 0.6 is 0 Å². The van der Waals surface area contributed by atoms with Gasteiger partial charge in [-0.1, -0.05) is 170 Å². The van der Waals surface area contributed by atoms with Gasteiger partial charge in [0.2, 0.25) is 0 Å². The molecule has 0 saturated heterocycles. The number of nitrogens with zero attached hydrogens (tertiary/aromatic N) is 2. The molecule has 0 bridgehead atoms. The molecule has 0 radical (unpaired) electrons. The molecular formula is C59H36N2O. The number of hydrogen-bond donors (Lipinski definition) is 0. The first kappa shape index (κ1) is 33.7. The summed E-state index contributed by atoms with van der Waals surface area (Å²) in [6.45, 7) is 0. The molecule has 11 aromatic rings. The molecule has 1 aromatic heterocycles. The van der Waals surface area contributed by atoms with Crippen molar-refractivity contribution in [3.63, 3.8) is 0 Å². The summed E-state index contributed by atoms with van der Waals surface area (Å²) in [7, 11) is 0. The van der Waals surface area contributed by atoms with Gasteiger partial charge in [0.05, 0.1) is 33.5 Å². The van der Waals surface area contributed by atoms with Gasteiger partial charge in [0.15, 0.2) is 11.5 Å². The van der Waals surface area contributed by atoms with Crippen molar-refractivity contribution in [1.29, 1.82) is 0 Å². The Balaban J connectivity index is 1.00. The number of aromatic nitrogens is 1.